The summed E-state index contributed by atoms with van der Waals surface area (Å²) >= 11 is 5.79. The number of benzene rings is 1. The number of aryl methyl sites for hydroxylation is 1. The monoisotopic (exact) mass is 308 g/mol. The fourth-order valence-corrected chi connectivity index (χ4v) is 1.77. The molecule has 1 heterocycles. The van der Waals surface area contributed by atoms with Gasteiger partial charge >= 0.3 is 11.7 Å². The number of pyridine rings is 1. The van der Waals surface area contributed by atoms with Gasteiger partial charge in [0.25, 0.3) is 0 Å². The van der Waals surface area contributed by atoms with Crippen molar-refractivity contribution in [3.63, 3.8) is 0 Å². The molecule has 0 bridgehead atoms. The predicted molar refractivity (Wildman–Crippen MR) is 74.1 cm³/mol. The molecule has 108 valence electrons. The molecule has 0 radical (unpaired) electrons. The first-order valence-electron chi connectivity index (χ1n) is 5.70. The van der Waals surface area contributed by atoms with Crippen LogP contribution in [0.3, 0.4) is 0 Å². The van der Waals surface area contributed by atoms with Crippen LogP contribution in [0.2, 0.25) is 5.02 Å². The van der Waals surface area contributed by atoms with Crippen LogP contribution in [-0.4, -0.2) is 21.0 Å². The Labute approximate surface area is 123 Å². The summed E-state index contributed by atoms with van der Waals surface area (Å²) in [6.45, 7) is 1.59. The van der Waals surface area contributed by atoms with Crippen LogP contribution in [0, 0.1) is 17.0 Å². The van der Waals surface area contributed by atoms with E-state index in [2.05, 4.69) is 4.98 Å². The Kier molecular flexibility index (Phi) is 4.04. The number of rotatable bonds is 4. The van der Waals surface area contributed by atoms with E-state index < -0.39 is 10.9 Å². The molecule has 0 amide bonds. The van der Waals surface area contributed by atoms with Crippen molar-refractivity contribution < 1.29 is 19.6 Å². The Morgan fingerprint density at radius 2 is 2.14 bits per heavy atom. The third-order valence-electron chi connectivity index (χ3n) is 2.60. The molecule has 0 saturated heterocycles. The van der Waals surface area contributed by atoms with Crippen molar-refractivity contribution in [3.05, 3.63) is 56.7 Å². The van der Waals surface area contributed by atoms with Crippen molar-refractivity contribution in [2.24, 2.45) is 0 Å². The Balaban J connectivity index is 2.40. The number of hydrogen-bond donors (Lipinski definition) is 1. The van der Waals surface area contributed by atoms with Gasteiger partial charge in [-0.3, -0.25) is 10.1 Å². The molecule has 0 aliphatic carbocycles. The number of nitro benzene ring substituents is 1. The first kappa shape index (κ1) is 14.7. The van der Waals surface area contributed by atoms with Crippen LogP contribution < -0.4 is 4.74 Å². The number of hydrogen-bond acceptors (Lipinski definition) is 5. The molecule has 2 rings (SSSR count). The topological polar surface area (TPSA) is 103 Å². The summed E-state index contributed by atoms with van der Waals surface area (Å²) in [5.74, 6) is -1.11. The summed E-state index contributed by atoms with van der Waals surface area (Å²) in [4.78, 5) is 25.0. The lowest BCUT2D eigenvalue weighted by molar-refractivity contribution is -0.385. The zero-order valence-electron chi connectivity index (χ0n) is 10.7. The average Bonchev–Trinajstić information content (AvgIpc) is 2.40. The van der Waals surface area contributed by atoms with Crippen LogP contribution in [0.5, 0.6) is 11.6 Å². The Hall–Kier alpha value is -2.67. The van der Waals surface area contributed by atoms with E-state index >= 15 is 0 Å². The SMILES string of the molecule is Cc1cc(C(=O)O)cnc1Oc1cc(Cl)ccc1[N+](=O)[O-]. The second kappa shape index (κ2) is 5.76. The second-order valence-corrected chi connectivity index (χ2v) is 4.56. The number of aromatic nitrogens is 1. The zero-order chi connectivity index (χ0) is 15.6. The fourth-order valence-electron chi connectivity index (χ4n) is 1.61. The summed E-state index contributed by atoms with van der Waals surface area (Å²) in [6, 6.07) is 5.26. The summed E-state index contributed by atoms with van der Waals surface area (Å²) < 4.78 is 5.39. The van der Waals surface area contributed by atoms with E-state index in [4.69, 9.17) is 21.4 Å². The molecular formula is C13H9ClN2O5. The maximum Gasteiger partial charge on any atom is 0.337 e. The number of nitro groups is 1. The van der Waals surface area contributed by atoms with Gasteiger partial charge in [0.05, 0.1) is 10.5 Å². The third-order valence-corrected chi connectivity index (χ3v) is 2.84. The number of carboxylic acid groups (broad SMARTS) is 1. The number of halogens is 1. The molecular weight excluding hydrogens is 300 g/mol. The number of ether oxygens (including phenoxy) is 1. The van der Waals surface area contributed by atoms with E-state index in [1.165, 1.54) is 24.3 Å². The van der Waals surface area contributed by atoms with Crippen molar-refractivity contribution in [2.75, 3.05) is 0 Å². The minimum absolute atomic E-state index is 0.000411. The molecule has 0 saturated carbocycles. The Morgan fingerprint density at radius 3 is 2.71 bits per heavy atom. The lowest BCUT2D eigenvalue weighted by atomic mass is 10.2. The zero-order valence-corrected chi connectivity index (χ0v) is 11.5. The van der Waals surface area contributed by atoms with Crippen molar-refractivity contribution in [1.29, 1.82) is 0 Å². The summed E-state index contributed by atoms with van der Waals surface area (Å²) in [5, 5.41) is 20.1. The van der Waals surface area contributed by atoms with Crippen molar-refractivity contribution in [3.8, 4) is 11.6 Å². The van der Waals surface area contributed by atoms with E-state index in [9.17, 15) is 14.9 Å². The smallest absolute Gasteiger partial charge is 0.337 e. The molecule has 0 atom stereocenters. The van der Waals surface area contributed by atoms with Gasteiger partial charge in [-0.05, 0) is 19.1 Å². The average molecular weight is 309 g/mol. The second-order valence-electron chi connectivity index (χ2n) is 4.12. The number of carboxylic acids is 1. The van der Waals surface area contributed by atoms with Gasteiger partial charge in [0.2, 0.25) is 11.6 Å². The van der Waals surface area contributed by atoms with E-state index in [0.29, 0.717) is 5.56 Å². The van der Waals surface area contributed by atoms with Crippen LogP contribution in [-0.2, 0) is 0 Å². The molecule has 0 unspecified atom stereocenters. The minimum atomic E-state index is -1.12. The van der Waals surface area contributed by atoms with Gasteiger partial charge < -0.3 is 9.84 Å². The van der Waals surface area contributed by atoms with Gasteiger partial charge in [0, 0.05) is 28.9 Å². The van der Waals surface area contributed by atoms with E-state index in [0.717, 1.165) is 6.20 Å². The van der Waals surface area contributed by atoms with E-state index in [1.54, 1.807) is 6.92 Å². The third kappa shape index (κ3) is 3.26. The number of aromatic carboxylic acids is 1. The standard InChI is InChI=1S/C13H9ClN2O5/c1-7-4-8(13(17)18)6-15-12(7)21-11-5-9(14)2-3-10(11)16(19)20/h2-6H,1H3,(H,17,18). The molecule has 1 N–H and O–H groups in total. The predicted octanol–water partition coefficient (Wildman–Crippen LogP) is 3.44. The van der Waals surface area contributed by atoms with Gasteiger partial charge in [0.15, 0.2) is 0 Å². The first-order valence-corrected chi connectivity index (χ1v) is 6.08. The maximum absolute atomic E-state index is 10.9. The van der Waals surface area contributed by atoms with Crippen LogP contribution in [0.25, 0.3) is 0 Å². The Bertz CT molecular complexity index is 732. The fraction of sp³-hybridized carbons (Fsp3) is 0.0769. The lowest BCUT2D eigenvalue weighted by Crippen LogP contribution is -2.01. The molecule has 1 aromatic heterocycles. The van der Waals surface area contributed by atoms with Gasteiger partial charge in [-0.1, -0.05) is 11.6 Å². The van der Waals surface area contributed by atoms with Crippen molar-refractivity contribution in [2.45, 2.75) is 6.92 Å². The molecule has 0 spiro atoms. The summed E-state index contributed by atoms with van der Waals surface area (Å²) in [6.07, 6.45) is 1.11. The normalized spacial score (nSPS) is 10.2. The molecule has 0 aliphatic rings. The van der Waals surface area contributed by atoms with Gasteiger partial charge in [-0.2, -0.15) is 0 Å². The lowest BCUT2D eigenvalue weighted by Gasteiger charge is -2.08. The van der Waals surface area contributed by atoms with Crippen LogP contribution >= 0.6 is 11.6 Å². The molecule has 7 nitrogen and oxygen atoms in total. The molecule has 1 aromatic carbocycles. The first-order chi connectivity index (χ1) is 9.88. The number of nitrogens with zero attached hydrogens (tertiary/aromatic N) is 2. The van der Waals surface area contributed by atoms with Gasteiger partial charge in [0.1, 0.15) is 0 Å². The van der Waals surface area contributed by atoms with Crippen LogP contribution in [0.4, 0.5) is 5.69 Å². The number of carbonyl (C=O) groups is 1. The Morgan fingerprint density at radius 1 is 1.43 bits per heavy atom. The summed E-state index contributed by atoms with van der Waals surface area (Å²) in [7, 11) is 0. The molecule has 21 heavy (non-hydrogen) atoms. The summed E-state index contributed by atoms with van der Waals surface area (Å²) in [5.41, 5.74) is 0.174. The van der Waals surface area contributed by atoms with Crippen molar-refractivity contribution in [1.82, 2.24) is 4.98 Å². The van der Waals surface area contributed by atoms with Gasteiger partial charge in [-0.25, -0.2) is 9.78 Å². The van der Waals surface area contributed by atoms with Crippen molar-refractivity contribution >= 4 is 23.3 Å². The quantitative estimate of drug-likeness (QED) is 0.685. The molecule has 0 aliphatic heterocycles. The highest BCUT2D eigenvalue weighted by Crippen LogP contribution is 2.34. The van der Waals surface area contributed by atoms with E-state index in [1.807, 2.05) is 0 Å². The molecule has 0 fully saturated rings. The largest absolute Gasteiger partial charge is 0.478 e. The van der Waals surface area contributed by atoms with Gasteiger partial charge in [-0.15, -0.1) is 0 Å². The van der Waals surface area contributed by atoms with E-state index in [-0.39, 0.29) is 27.9 Å². The van der Waals surface area contributed by atoms with Crippen LogP contribution in [0.15, 0.2) is 30.5 Å². The highest BCUT2D eigenvalue weighted by atomic mass is 35.5. The highest BCUT2D eigenvalue weighted by Gasteiger charge is 2.18. The minimum Gasteiger partial charge on any atom is -0.478 e. The maximum atomic E-state index is 10.9. The van der Waals surface area contributed by atoms with Crippen LogP contribution in [0.1, 0.15) is 15.9 Å². The molecule has 2 aromatic rings. The highest BCUT2D eigenvalue weighted by molar-refractivity contribution is 6.30. The molecule has 8 heteroatoms.